The van der Waals surface area contributed by atoms with Gasteiger partial charge in [-0.1, -0.05) is 18.2 Å². The first kappa shape index (κ1) is 16.8. The van der Waals surface area contributed by atoms with E-state index >= 15 is 0 Å². The van der Waals surface area contributed by atoms with Crippen molar-refractivity contribution < 1.29 is 14.6 Å². The standard InChI is InChI=1S/C8H9NO.C6H4N2O4/c1-7(10)9-8-5-3-2-4-6-8;9-7(10)5-2-1-3-6(4-5)8(11)12/h2-6H,1H3,(H,9,10);1-4H. The lowest BCUT2D eigenvalue weighted by molar-refractivity contribution is -0.394. The van der Waals surface area contributed by atoms with Crippen LogP contribution in [0.25, 0.3) is 0 Å². The van der Waals surface area contributed by atoms with Gasteiger partial charge < -0.3 is 5.32 Å². The molecule has 0 aliphatic rings. The van der Waals surface area contributed by atoms with Crippen LogP contribution in [0.15, 0.2) is 54.6 Å². The summed E-state index contributed by atoms with van der Waals surface area (Å²) in [5.74, 6) is -0.0359. The summed E-state index contributed by atoms with van der Waals surface area (Å²) in [5, 5.41) is 23.0. The molecule has 0 spiro atoms. The molecular formula is C14H13N3O5. The fourth-order valence-corrected chi connectivity index (χ4v) is 1.44. The molecule has 1 N–H and O–H groups in total. The summed E-state index contributed by atoms with van der Waals surface area (Å²) in [6.07, 6.45) is 0. The molecule has 8 nitrogen and oxygen atoms in total. The average Bonchev–Trinajstić information content (AvgIpc) is 2.48. The van der Waals surface area contributed by atoms with E-state index in [1.165, 1.54) is 25.1 Å². The normalized spacial score (nSPS) is 9.14. The maximum atomic E-state index is 10.5. The van der Waals surface area contributed by atoms with Crippen molar-refractivity contribution in [1.82, 2.24) is 0 Å². The predicted molar refractivity (Wildman–Crippen MR) is 80.5 cm³/mol. The number of carbonyl (C=O) groups is 1. The molecule has 2 aromatic rings. The monoisotopic (exact) mass is 303 g/mol. The third kappa shape index (κ3) is 5.78. The van der Waals surface area contributed by atoms with Crippen molar-refractivity contribution in [2.45, 2.75) is 6.92 Å². The van der Waals surface area contributed by atoms with Gasteiger partial charge in [0.05, 0.1) is 15.9 Å². The number of nitro benzene ring substituents is 2. The zero-order chi connectivity index (χ0) is 16.5. The van der Waals surface area contributed by atoms with E-state index in [0.717, 1.165) is 11.8 Å². The number of para-hydroxylation sites is 1. The van der Waals surface area contributed by atoms with Crippen molar-refractivity contribution in [2.24, 2.45) is 0 Å². The van der Waals surface area contributed by atoms with Gasteiger partial charge >= 0.3 is 0 Å². The van der Waals surface area contributed by atoms with E-state index in [4.69, 9.17) is 0 Å². The number of hydrogen-bond acceptors (Lipinski definition) is 5. The zero-order valence-electron chi connectivity index (χ0n) is 11.6. The Labute approximate surface area is 125 Å². The van der Waals surface area contributed by atoms with Gasteiger partial charge in [-0.05, 0) is 18.2 Å². The number of hydrogen-bond donors (Lipinski definition) is 1. The summed E-state index contributed by atoms with van der Waals surface area (Å²) in [6, 6.07) is 14.0. The summed E-state index contributed by atoms with van der Waals surface area (Å²) >= 11 is 0. The average molecular weight is 303 g/mol. The van der Waals surface area contributed by atoms with Gasteiger partial charge in [0.2, 0.25) is 5.91 Å². The molecule has 0 radical (unpaired) electrons. The molecule has 0 aliphatic carbocycles. The number of rotatable bonds is 3. The Morgan fingerprint density at radius 2 is 1.41 bits per heavy atom. The molecule has 2 rings (SSSR count). The molecule has 2 aromatic carbocycles. The Kier molecular flexibility index (Phi) is 6.17. The molecular weight excluding hydrogens is 290 g/mol. The predicted octanol–water partition coefficient (Wildman–Crippen LogP) is 3.15. The minimum atomic E-state index is -0.674. The van der Waals surface area contributed by atoms with E-state index in [2.05, 4.69) is 5.32 Å². The highest BCUT2D eigenvalue weighted by atomic mass is 16.6. The van der Waals surface area contributed by atoms with Crippen LogP contribution in [0.3, 0.4) is 0 Å². The molecule has 0 saturated carbocycles. The Morgan fingerprint density at radius 3 is 1.82 bits per heavy atom. The molecule has 22 heavy (non-hydrogen) atoms. The van der Waals surface area contributed by atoms with Gasteiger partial charge in [-0.15, -0.1) is 0 Å². The molecule has 8 heteroatoms. The van der Waals surface area contributed by atoms with Gasteiger partial charge in [0.25, 0.3) is 11.4 Å². The summed E-state index contributed by atoms with van der Waals surface area (Å²) in [5.41, 5.74) is 0.295. The highest BCUT2D eigenvalue weighted by molar-refractivity contribution is 5.88. The molecule has 1 amide bonds. The lowest BCUT2D eigenvalue weighted by Gasteiger charge is -1.98. The fourth-order valence-electron chi connectivity index (χ4n) is 1.44. The Morgan fingerprint density at radius 1 is 0.909 bits per heavy atom. The van der Waals surface area contributed by atoms with Crippen molar-refractivity contribution in [3.63, 3.8) is 0 Å². The highest BCUT2D eigenvalue weighted by Gasteiger charge is 2.11. The third-order valence-electron chi connectivity index (χ3n) is 2.35. The van der Waals surface area contributed by atoms with Crippen LogP contribution < -0.4 is 5.32 Å². The first-order chi connectivity index (χ1) is 10.4. The van der Waals surface area contributed by atoms with Gasteiger partial charge in [-0.25, -0.2) is 0 Å². The van der Waals surface area contributed by atoms with Crippen LogP contribution in [0.4, 0.5) is 17.1 Å². The third-order valence-corrected chi connectivity index (χ3v) is 2.35. The number of anilines is 1. The summed E-state index contributed by atoms with van der Waals surface area (Å²) in [4.78, 5) is 29.5. The van der Waals surface area contributed by atoms with E-state index in [1.807, 2.05) is 30.3 Å². The van der Waals surface area contributed by atoms with E-state index in [-0.39, 0.29) is 17.3 Å². The molecule has 0 unspecified atom stereocenters. The molecule has 0 fully saturated rings. The summed E-state index contributed by atoms with van der Waals surface area (Å²) in [7, 11) is 0. The maximum absolute atomic E-state index is 10.5. The van der Waals surface area contributed by atoms with Crippen molar-refractivity contribution in [3.8, 4) is 0 Å². The van der Waals surface area contributed by atoms with Crippen molar-refractivity contribution in [1.29, 1.82) is 0 Å². The molecule has 0 aliphatic heterocycles. The zero-order valence-corrected chi connectivity index (χ0v) is 11.6. The molecule has 0 atom stereocenters. The fraction of sp³-hybridized carbons (Fsp3) is 0.0714. The number of amides is 1. The smallest absolute Gasteiger partial charge is 0.276 e. The first-order valence-electron chi connectivity index (χ1n) is 6.11. The summed E-state index contributed by atoms with van der Waals surface area (Å²) < 4.78 is 0. The second-order valence-corrected chi connectivity index (χ2v) is 4.08. The second kappa shape index (κ2) is 8.10. The first-order valence-corrected chi connectivity index (χ1v) is 6.11. The number of nitro groups is 2. The van der Waals surface area contributed by atoms with E-state index in [0.29, 0.717) is 0 Å². The van der Waals surface area contributed by atoms with Crippen LogP contribution in [-0.4, -0.2) is 15.8 Å². The topological polar surface area (TPSA) is 115 Å². The van der Waals surface area contributed by atoms with E-state index in [1.54, 1.807) is 0 Å². The van der Waals surface area contributed by atoms with Crippen LogP contribution in [-0.2, 0) is 4.79 Å². The second-order valence-electron chi connectivity index (χ2n) is 4.08. The number of carbonyl (C=O) groups excluding carboxylic acids is 1. The largest absolute Gasteiger partial charge is 0.326 e. The van der Waals surface area contributed by atoms with Gasteiger partial charge in [0.1, 0.15) is 0 Å². The maximum Gasteiger partial charge on any atom is 0.276 e. The van der Waals surface area contributed by atoms with Crippen LogP contribution in [0.2, 0.25) is 0 Å². The van der Waals surface area contributed by atoms with Crippen LogP contribution >= 0.6 is 0 Å². The van der Waals surface area contributed by atoms with Crippen LogP contribution in [0, 0.1) is 20.2 Å². The van der Waals surface area contributed by atoms with Gasteiger partial charge in [-0.3, -0.25) is 25.0 Å². The Balaban J connectivity index is 0.000000224. The minimum Gasteiger partial charge on any atom is -0.326 e. The van der Waals surface area contributed by atoms with Gasteiger partial charge in [-0.2, -0.15) is 0 Å². The van der Waals surface area contributed by atoms with E-state index in [9.17, 15) is 25.0 Å². The lowest BCUT2D eigenvalue weighted by atomic mass is 10.3. The van der Waals surface area contributed by atoms with Crippen molar-refractivity contribution in [2.75, 3.05) is 5.32 Å². The number of nitrogens with zero attached hydrogens (tertiary/aromatic N) is 2. The Hall–Kier alpha value is -3.29. The van der Waals surface area contributed by atoms with Crippen LogP contribution in [0.1, 0.15) is 6.92 Å². The number of nitrogens with one attached hydrogen (secondary N) is 1. The van der Waals surface area contributed by atoms with Crippen LogP contribution in [0.5, 0.6) is 0 Å². The lowest BCUT2D eigenvalue weighted by Crippen LogP contribution is -2.04. The highest BCUT2D eigenvalue weighted by Crippen LogP contribution is 2.18. The number of benzene rings is 2. The van der Waals surface area contributed by atoms with E-state index < -0.39 is 9.85 Å². The minimum absolute atomic E-state index is 0.0359. The van der Waals surface area contributed by atoms with Gasteiger partial charge in [0.15, 0.2) is 0 Å². The molecule has 0 heterocycles. The van der Waals surface area contributed by atoms with Gasteiger partial charge in [0, 0.05) is 24.7 Å². The molecule has 114 valence electrons. The quantitative estimate of drug-likeness (QED) is 0.690. The molecule has 0 aromatic heterocycles. The summed E-state index contributed by atoms with van der Waals surface area (Å²) in [6.45, 7) is 1.49. The van der Waals surface area contributed by atoms with Crippen molar-refractivity contribution in [3.05, 3.63) is 74.8 Å². The molecule has 0 bridgehead atoms. The molecule has 0 saturated heterocycles. The number of non-ortho nitro benzene ring substituents is 2. The SMILES string of the molecule is CC(=O)Nc1ccccc1.O=[N+]([O-])c1cccc([N+](=O)[O-])c1. The van der Waals surface area contributed by atoms with Crippen molar-refractivity contribution >= 4 is 23.0 Å². The Bertz CT molecular complexity index is 644.